The van der Waals surface area contributed by atoms with Crippen LogP contribution in [0, 0.1) is 0 Å². The smallest absolute Gasteiger partial charge is 0.193 e. The first-order chi connectivity index (χ1) is 10.7. The van der Waals surface area contributed by atoms with E-state index in [1.807, 2.05) is 42.5 Å². The van der Waals surface area contributed by atoms with E-state index in [2.05, 4.69) is 0 Å². The van der Waals surface area contributed by atoms with Gasteiger partial charge in [0.2, 0.25) is 0 Å². The van der Waals surface area contributed by atoms with Crippen molar-refractivity contribution in [3.05, 3.63) is 88.9 Å². The minimum Gasteiger partial charge on any atom is -0.398 e. The molecule has 0 radical (unpaired) electrons. The van der Waals surface area contributed by atoms with Crippen LogP contribution in [-0.4, -0.2) is 5.78 Å². The molecule has 0 saturated heterocycles. The Morgan fingerprint density at radius 3 is 2.27 bits per heavy atom. The van der Waals surface area contributed by atoms with Crippen LogP contribution in [0.4, 0.5) is 5.69 Å². The fraction of sp³-hybridized carbons (Fsp3) is 0. The SMILES string of the molecule is Nc1ccc(Cl)cc1-c1ccccc1C(=O)c1ccccc1. The maximum atomic E-state index is 12.8. The van der Waals surface area contributed by atoms with Gasteiger partial charge < -0.3 is 5.73 Å². The average molecular weight is 308 g/mol. The molecule has 0 heterocycles. The Morgan fingerprint density at radius 2 is 1.50 bits per heavy atom. The topological polar surface area (TPSA) is 43.1 Å². The summed E-state index contributed by atoms with van der Waals surface area (Å²) >= 11 is 6.08. The van der Waals surface area contributed by atoms with Crippen LogP contribution in [0.3, 0.4) is 0 Å². The predicted molar refractivity (Wildman–Crippen MR) is 91.2 cm³/mol. The minimum absolute atomic E-state index is 0.0319. The number of carbonyl (C=O) groups is 1. The zero-order valence-electron chi connectivity index (χ0n) is 11.8. The van der Waals surface area contributed by atoms with E-state index in [4.69, 9.17) is 17.3 Å². The van der Waals surface area contributed by atoms with E-state index >= 15 is 0 Å². The molecule has 0 fully saturated rings. The number of nitrogen functional groups attached to an aromatic ring is 1. The van der Waals surface area contributed by atoms with Gasteiger partial charge in [0.1, 0.15) is 0 Å². The van der Waals surface area contributed by atoms with Crippen molar-refractivity contribution in [3.63, 3.8) is 0 Å². The van der Waals surface area contributed by atoms with Crippen LogP contribution in [0.5, 0.6) is 0 Å². The van der Waals surface area contributed by atoms with Crippen LogP contribution >= 0.6 is 11.6 Å². The first kappa shape index (κ1) is 14.4. The highest BCUT2D eigenvalue weighted by molar-refractivity contribution is 6.31. The summed E-state index contributed by atoms with van der Waals surface area (Å²) in [5.41, 5.74) is 9.48. The van der Waals surface area contributed by atoms with Crippen LogP contribution < -0.4 is 5.73 Å². The fourth-order valence-corrected chi connectivity index (χ4v) is 2.59. The van der Waals surface area contributed by atoms with Crippen molar-refractivity contribution in [2.45, 2.75) is 0 Å². The molecule has 0 aliphatic heterocycles. The molecule has 0 amide bonds. The Hall–Kier alpha value is -2.58. The van der Waals surface area contributed by atoms with Gasteiger partial charge in [-0.15, -0.1) is 0 Å². The van der Waals surface area contributed by atoms with E-state index in [1.165, 1.54) is 0 Å². The lowest BCUT2D eigenvalue weighted by Crippen LogP contribution is -2.04. The van der Waals surface area contributed by atoms with Gasteiger partial charge in [0.25, 0.3) is 0 Å². The normalized spacial score (nSPS) is 10.4. The maximum Gasteiger partial charge on any atom is 0.193 e. The lowest BCUT2D eigenvalue weighted by atomic mass is 9.93. The lowest BCUT2D eigenvalue weighted by Gasteiger charge is -2.11. The Morgan fingerprint density at radius 1 is 0.818 bits per heavy atom. The number of ketones is 1. The molecule has 2 nitrogen and oxygen atoms in total. The van der Waals surface area contributed by atoms with Crippen LogP contribution in [0.1, 0.15) is 15.9 Å². The third-order valence-electron chi connectivity index (χ3n) is 3.51. The van der Waals surface area contributed by atoms with Crippen molar-refractivity contribution in [3.8, 4) is 11.1 Å². The third kappa shape index (κ3) is 2.74. The van der Waals surface area contributed by atoms with Crippen LogP contribution in [0.25, 0.3) is 11.1 Å². The summed E-state index contributed by atoms with van der Waals surface area (Å²) in [5, 5.41) is 0.589. The average Bonchev–Trinajstić information content (AvgIpc) is 2.57. The minimum atomic E-state index is -0.0319. The Kier molecular flexibility index (Phi) is 3.94. The summed E-state index contributed by atoms with van der Waals surface area (Å²) in [5.74, 6) is -0.0319. The summed E-state index contributed by atoms with van der Waals surface area (Å²) in [6, 6.07) is 21.9. The molecule has 3 rings (SSSR count). The molecule has 3 heteroatoms. The number of nitrogens with two attached hydrogens (primary N) is 1. The monoisotopic (exact) mass is 307 g/mol. The number of halogens is 1. The fourth-order valence-electron chi connectivity index (χ4n) is 2.42. The van der Waals surface area contributed by atoms with Gasteiger partial charge in [-0.3, -0.25) is 4.79 Å². The van der Waals surface area contributed by atoms with E-state index in [0.717, 1.165) is 11.1 Å². The summed E-state index contributed by atoms with van der Waals surface area (Å²) in [4.78, 5) is 12.8. The van der Waals surface area contributed by atoms with Gasteiger partial charge >= 0.3 is 0 Å². The van der Waals surface area contributed by atoms with E-state index in [0.29, 0.717) is 21.8 Å². The number of carbonyl (C=O) groups excluding carboxylic acids is 1. The van der Waals surface area contributed by atoms with Crippen molar-refractivity contribution in [2.75, 3.05) is 5.73 Å². The standard InChI is InChI=1S/C19H14ClNO/c20-14-10-11-18(21)17(12-14)15-8-4-5-9-16(15)19(22)13-6-2-1-3-7-13/h1-12H,21H2. The van der Waals surface area contributed by atoms with Crippen molar-refractivity contribution in [1.82, 2.24) is 0 Å². The van der Waals surface area contributed by atoms with Gasteiger partial charge in [0, 0.05) is 27.4 Å². The first-order valence-corrected chi connectivity index (χ1v) is 7.29. The molecule has 3 aromatic carbocycles. The van der Waals surface area contributed by atoms with Crippen molar-refractivity contribution in [2.24, 2.45) is 0 Å². The molecule has 3 aromatic rings. The molecule has 0 saturated carbocycles. The van der Waals surface area contributed by atoms with Crippen LogP contribution in [-0.2, 0) is 0 Å². The quantitative estimate of drug-likeness (QED) is 0.557. The molecule has 0 atom stereocenters. The van der Waals surface area contributed by atoms with Crippen molar-refractivity contribution < 1.29 is 4.79 Å². The van der Waals surface area contributed by atoms with Gasteiger partial charge in [-0.1, -0.05) is 66.2 Å². The van der Waals surface area contributed by atoms with E-state index < -0.39 is 0 Å². The molecule has 0 aromatic heterocycles. The lowest BCUT2D eigenvalue weighted by molar-refractivity contribution is 0.103. The largest absolute Gasteiger partial charge is 0.398 e. The predicted octanol–water partition coefficient (Wildman–Crippen LogP) is 4.82. The van der Waals surface area contributed by atoms with Crippen molar-refractivity contribution in [1.29, 1.82) is 0 Å². The Bertz CT molecular complexity index is 828. The zero-order valence-corrected chi connectivity index (χ0v) is 12.5. The van der Waals surface area contributed by atoms with Crippen LogP contribution in [0.2, 0.25) is 5.02 Å². The molecular weight excluding hydrogens is 294 g/mol. The van der Waals surface area contributed by atoms with Gasteiger partial charge in [0.05, 0.1) is 0 Å². The molecule has 108 valence electrons. The molecular formula is C19H14ClNO. The second-order valence-electron chi connectivity index (χ2n) is 4.97. The summed E-state index contributed by atoms with van der Waals surface area (Å²) in [7, 11) is 0. The van der Waals surface area contributed by atoms with E-state index in [1.54, 1.807) is 30.3 Å². The number of rotatable bonds is 3. The molecule has 0 aliphatic carbocycles. The Balaban J connectivity index is 2.15. The summed E-state index contributed by atoms with van der Waals surface area (Å²) in [6.07, 6.45) is 0. The number of hydrogen-bond acceptors (Lipinski definition) is 2. The third-order valence-corrected chi connectivity index (χ3v) is 3.75. The molecule has 0 bridgehead atoms. The maximum absolute atomic E-state index is 12.8. The number of hydrogen-bond donors (Lipinski definition) is 1. The highest BCUT2D eigenvalue weighted by Gasteiger charge is 2.15. The summed E-state index contributed by atoms with van der Waals surface area (Å²) < 4.78 is 0. The highest BCUT2D eigenvalue weighted by Crippen LogP contribution is 2.32. The number of benzene rings is 3. The number of anilines is 1. The van der Waals surface area contributed by atoms with E-state index in [-0.39, 0.29) is 5.78 Å². The van der Waals surface area contributed by atoms with Gasteiger partial charge in [-0.05, 0) is 23.8 Å². The van der Waals surface area contributed by atoms with Crippen LogP contribution in [0.15, 0.2) is 72.8 Å². The molecule has 0 unspecified atom stereocenters. The van der Waals surface area contributed by atoms with Gasteiger partial charge in [0.15, 0.2) is 5.78 Å². The summed E-state index contributed by atoms with van der Waals surface area (Å²) in [6.45, 7) is 0. The highest BCUT2D eigenvalue weighted by atomic mass is 35.5. The molecule has 22 heavy (non-hydrogen) atoms. The van der Waals surface area contributed by atoms with E-state index in [9.17, 15) is 4.79 Å². The molecule has 0 aliphatic rings. The van der Waals surface area contributed by atoms with Gasteiger partial charge in [-0.2, -0.15) is 0 Å². The second-order valence-corrected chi connectivity index (χ2v) is 5.41. The van der Waals surface area contributed by atoms with Crippen molar-refractivity contribution >= 4 is 23.1 Å². The first-order valence-electron chi connectivity index (χ1n) is 6.91. The molecule has 0 spiro atoms. The van der Waals surface area contributed by atoms with Gasteiger partial charge in [-0.25, -0.2) is 0 Å². The second kappa shape index (κ2) is 6.04. The zero-order chi connectivity index (χ0) is 15.5. The Labute approximate surface area is 134 Å². The molecule has 2 N–H and O–H groups in total.